The summed E-state index contributed by atoms with van der Waals surface area (Å²) in [5.41, 5.74) is 1.94. The van der Waals surface area contributed by atoms with Crippen molar-refractivity contribution in [3.8, 4) is 0 Å². The lowest BCUT2D eigenvalue weighted by Gasteiger charge is -2.27. The molecule has 0 radical (unpaired) electrons. The van der Waals surface area contributed by atoms with E-state index in [1.165, 1.54) is 0 Å². The Balaban J connectivity index is 1.76. The van der Waals surface area contributed by atoms with E-state index in [2.05, 4.69) is 15.3 Å². The fraction of sp³-hybridized carbons (Fsp3) is 0.444. The Morgan fingerprint density at radius 2 is 2.00 bits per heavy atom. The van der Waals surface area contributed by atoms with E-state index in [9.17, 15) is 8.42 Å². The van der Waals surface area contributed by atoms with E-state index in [-0.39, 0.29) is 17.5 Å². The molecule has 1 N–H and O–H groups in total. The smallest absolute Gasteiger partial charge is 0.227 e. The minimum atomic E-state index is -2.95. The van der Waals surface area contributed by atoms with Crippen LogP contribution in [0.2, 0.25) is 5.02 Å². The van der Waals surface area contributed by atoms with Crippen LogP contribution in [0.4, 0.5) is 11.8 Å². The molecule has 8 heteroatoms. The van der Waals surface area contributed by atoms with Crippen molar-refractivity contribution in [1.82, 2.24) is 9.97 Å². The van der Waals surface area contributed by atoms with Crippen molar-refractivity contribution in [3.63, 3.8) is 0 Å². The molecule has 2 aromatic rings. The molecule has 0 aliphatic carbocycles. The van der Waals surface area contributed by atoms with Crippen LogP contribution in [0.5, 0.6) is 0 Å². The van der Waals surface area contributed by atoms with Gasteiger partial charge in [-0.3, -0.25) is 0 Å². The minimum Gasteiger partial charge on any atom is -0.366 e. The molecule has 1 atom stereocenters. The van der Waals surface area contributed by atoms with E-state index in [0.717, 1.165) is 17.1 Å². The summed E-state index contributed by atoms with van der Waals surface area (Å²) in [6.45, 7) is 5.20. The zero-order valence-corrected chi connectivity index (χ0v) is 16.5. The van der Waals surface area contributed by atoms with Crippen molar-refractivity contribution >= 4 is 33.2 Å². The number of benzene rings is 1. The third-order valence-corrected chi connectivity index (χ3v) is 6.48. The van der Waals surface area contributed by atoms with Gasteiger partial charge in [0, 0.05) is 35.9 Å². The van der Waals surface area contributed by atoms with Gasteiger partial charge in [-0.05, 0) is 38.0 Å². The number of anilines is 2. The first-order valence-corrected chi connectivity index (χ1v) is 10.9. The monoisotopic (exact) mass is 394 g/mol. The molecule has 0 spiro atoms. The van der Waals surface area contributed by atoms with E-state index in [1.54, 1.807) is 0 Å². The number of hydrogen-bond donors (Lipinski definition) is 1. The summed E-state index contributed by atoms with van der Waals surface area (Å²) in [7, 11) is -2.95. The van der Waals surface area contributed by atoms with Gasteiger partial charge in [-0.1, -0.05) is 23.7 Å². The summed E-state index contributed by atoms with van der Waals surface area (Å²) in [6.07, 6.45) is 0.626. The number of nitrogens with zero attached hydrogens (tertiary/aromatic N) is 3. The van der Waals surface area contributed by atoms with Gasteiger partial charge < -0.3 is 10.2 Å². The van der Waals surface area contributed by atoms with E-state index in [4.69, 9.17) is 11.6 Å². The number of halogens is 1. The second kappa shape index (κ2) is 7.80. The molecule has 26 heavy (non-hydrogen) atoms. The number of hydrogen-bond acceptors (Lipinski definition) is 6. The largest absolute Gasteiger partial charge is 0.366 e. The first-order chi connectivity index (χ1) is 12.4. The van der Waals surface area contributed by atoms with Gasteiger partial charge in [0.05, 0.1) is 11.5 Å². The summed E-state index contributed by atoms with van der Waals surface area (Å²) in [5.74, 6) is 1.71. The van der Waals surface area contributed by atoms with Gasteiger partial charge in [0.1, 0.15) is 5.82 Å². The first-order valence-electron chi connectivity index (χ1n) is 8.67. The van der Waals surface area contributed by atoms with Crippen molar-refractivity contribution in [2.24, 2.45) is 0 Å². The maximum absolute atomic E-state index is 11.8. The maximum Gasteiger partial charge on any atom is 0.227 e. The fourth-order valence-corrected chi connectivity index (χ4v) is 5.01. The molecule has 1 aromatic heterocycles. The van der Waals surface area contributed by atoms with Crippen molar-refractivity contribution in [1.29, 1.82) is 0 Å². The third-order valence-electron chi connectivity index (χ3n) is 4.48. The average molecular weight is 395 g/mol. The molecule has 1 fully saturated rings. The molecular weight excluding hydrogens is 372 g/mol. The molecule has 2 heterocycles. The summed E-state index contributed by atoms with van der Waals surface area (Å²) in [6, 6.07) is 9.47. The number of aromatic nitrogens is 2. The lowest BCUT2D eigenvalue weighted by Crippen LogP contribution is -2.37. The Labute approximate surface area is 159 Å². The zero-order valence-electron chi connectivity index (χ0n) is 14.9. The van der Waals surface area contributed by atoms with Crippen LogP contribution in [-0.4, -0.2) is 42.5 Å². The third kappa shape index (κ3) is 4.65. The lowest BCUT2D eigenvalue weighted by atomic mass is 10.2. The molecule has 6 nitrogen and oxygen atoms in total. The van der Waals surface area contributed by atoms with Crippen molar-refractivity contribution in [2.75, 3.05) is 28.3 Å². The van der Waals surface area contributed by atoms with E-state index < -0.39 is 9.84 Å². The summed E-state index contributed by atoms with van der Waals surface area (Å²) < 4.78 is 23.6. The van der Waals surface area contributed by atoms with Crippen LogP contribution in [0.15, 0.2) is 30.3 Å². The highest BCUT2D eigenvalue weighted by molar-refractivity contribution is 7.91. The number of aryl methyl sites for hydroxylation is 1. The standard InChI is InChI=1S/C18H23ClN4O2S/c1-3-23(16-8-9-26(24,25)12-16)18-21-13(2)10-17(22-18)20-11-14-4-6-15(19)7-5-14/h4-7,10,16H,3,8-9,11-12H2,1-2H3,(H,20,21,22). The molecule has 1 unspecified atom stereocenters. The SMILES string of the molecule is CCN(c1nc(C)cc(NCc2ccc(Cl)cc2)n1)C1CCS(=O)(=O)C1. The van der Waals surface area contributed by atoms with Crippen LogP contribution in [0.25, 0.3) is 0 Å². The fourth-order valence-electron chi connectivity index (χ4n) is 3.15. The second-order valence-electron chi connectivity index (χ2n) is 6.52. The summed E-state index contributed by atoms with van der Waals surface area (Å²) >= 11 is 5.91. The molecule has 1 aromatic carbocycles. The summed E-state index contributed by atoms with van der Waals surface area (Å²) in [4.78, 5) is 11.1. The van der Waals surface area contributed by atoms with Gasteiger partial charge in [-0.15, -0.1) is 0 Å². The number of sulfone groups is 1. The zero-order chi connectivity index (χ0) is 18.7. The van der Waals surface area contributed by atoms with Gasteiger partial charge in [0.2, 0.25) is 5.95 Å². The van der Waals surface area contributed by atoms with Crippen molar-refractivity contribution in [3.05, 3.63) is 46.6 Å². The highest BCUT2D eigenvalue weighted by Crippen LogP contribution is 2.23. The first kappa shape index (κ1) is 18.9. The quantitative estimate of drug-likeness (QED) is 0.811. The highest BCUT2D eigenvalue weighted by Gasteiger charge is 2.33. The summed E-state index contributed by atoms with van der Waals surface area (Å²) in [5, 5.41) is 4.02. The molecule has 1 aliphatic heterocycles. The van der Waals surface area contributed by atoms with Crippen LogP contribution in [0.1, 0.15) is 24.6 Å². The predicted octanol–water partition coefficient (Wildman–Crippen LogP) is 3.06. The number of nitrogens with one attached hydrogen (secondary N) is 1. The Morgan fingerprint density at radius 1 is 1.27 bits per heavy atom. The molecule has 0 bridgehead atoms. The Hall–Kier alpha value is -1.86. The minimum absolute atomic E-state index is 0.0593. The van der Waals surface area contributed by atoms with Crippen LogP contribution in [0.3, 0.4) is 0 Å². The lowest BCUT2D eigenvalue weighted by molar-refractivity contribution is 0.599. The highest BCUT2D eigenvalue weighted by atomic mass is 35.5. The van der Waals surface area contributed by atoms with Crippen LogP contribution < -0.4 is 10.2 Å². The van der Waals surface area contributed by atoms with E-state index in [1.807, 2.05) is 49.1 Å². The number of rotatable bonds is 6. The molecule has 0 saturated carbocycles. The van der Waals surface area contributed by atoms with E-state index in [0.29, 0.717) is 30.5 Å². The maximum atomic E-state index is 11.8. The van der Waals surface area contributed by atoms with Gasteiger partial charge in [0.25, 0.3) is 0 Å². The predicted molar refractivity (Wildman–Crippen MR) is 106 cm³/mol. The van der Waals surface area contributed by atoms with Crippen LogP contribution >= 0.6 is 11.6 Å². The molecular formula is C18H23ClN4O2S. The molecule has 1 saturated heterocycles. The normalized spacial score (nSPS) is 18.7. The molecule has 140 valence electrons. The molecule has 3 rings (SSSR count). The van der Waals surface area contributed by atoms with Crippen LogP contribution in [-0.2, 0) is 16.4 Å². The van der Waals surface area contributed by atoms with Gasteiger partial charge >= 0.3 is 0 Å². The van der Waals surface area contributed by atoms with Crippen molar-refractivity contribution in [2.45, 2.75) is 32.9 Å². The Morgan fingerprint density at radius 3 is 2.62 bits per heavy atom. The van der Waals surface area contributed by atoms with Crippen molar-refractivity contribution < 1.29 is 8.42 Å². The van der Waals surface area contributed by atoms with Crippen LogP contribution in [0, 0.1) is 6.92 Å². The molecule has 1 aliphatic rings. The van der Waals surface area contributed by atoms with Gasteiger partial charge in [0.15, 0.2) is 9.84 Å². The Kier molecular flexibility index (Phi) is 5.67. The Bertz CT molecular complexity index is 871. The molecule has 0 amide bonds. The van der Waals surface area contributed by atoms with Gasteiger partial charge in [-0.2, -0.15) is 4.98 Å². The average Bonchev–Trinajstić information content (AvgIpc) is 2.94. The van der Waals surface area contributed by atoms with Gasteiger partial charge in [-0.25, -0.2) is 13.4 Å². The topological polar surface area (TPSA) is 75.2 Å². The second-order valence-corrected chi connectivity index (χ2v) is 9.18. The van der Waals surface area contributed by atoms with E-state index >= 15 is 0 Å².